The monoisotopic (exact) mass is 395 g/mol. The molecule has 3 rings (SSSR count). The molecule has 0 aliphatic carbocycles. The van der Waals surface area contributed by atoms with Crippen LogP contribution >= 0.6 is 27.3 Å². The third-order valence-electron chi connectivity index (χ3n) is 3.73. The Labute approximate surface area is 147 Å². The third kappa shape index (κ3) is 3.94. The van der Waals surface area contributed by atoms with Gasteiger partial charge in [0.25, 0.3) is 0 Å². The number of nitrogens with two attached hydrogens (primary N) is 1. The van der Waals surface area contributed by atoms with E-state index in [1.165, 1.54) is 0 Å². The Kier molecular flexibility index (Phi) is 5.02. The van der Waals surface area contributed by atoms with Gasteiger partial charge in [0.2, 0.25) is 0 Å². The standard InChI is InChI=1S/C15H18BrN5OS/c16-12-9-11(1-2-13(12)22)10-19-14(17)20-4-6-21(7-5-20)15-18-3-8-23-15/h1-3,8-9,22H,4-7,10H2,(H2,17,19). The number of benzene rings is 1. The molecule has 1 aromatic carbocycles. The molecule has 1 fully saturated rings. The minimum atomic E-state index is 0.226. The lowest BCUT2D eigenvalue weighted by atomic mass is 10.2. The maximum atomic E-state index is 9.50. The molecule has 2 aromatic rings. The lowest BCUT2D eigenvalue weighted by Gasteiger charge is -2.35. The Bertz CT molecular complexity index is 683. The summed E-state index contributed by atoms with van der Waals surface area (Å²) in [6.07, 6.45) is 1.83. The van der Waals surface area contributed by atoms with Gasteiger partial charge in [-0.05, 0) is 33.6 Å². The largest absolute Gasteiger partial charge is 0.507 e. The highest BCUT2D eigenvalue weighted by molar-refractivity contribution is 9.10. The van der Waals surface area contributed by atoms with E-state index >= 15 is 0 Å². The summed E-state index contributed by atoms with van der Waals surface area (Å²) in [6.45, 7) is 3.97. The first-order valence-corrected chi connectivity index (χ1v) is 8.97. The second-order valence-electron chi connectivity index (χ2n) is 5.25. The molecular weight excluding hydrogens is 378 g/mol. The average Bonchev–Trinajstić information content (AvgIpc) is 3.10. The van der Waals surface area contributed by atoms with Crippen LogP contribution in [0.3, 0.4) is 0 Å². The predicted octanol–water partition coefficient (Wildman–Crippen LogP) is 2.25. The van der Waals surface area contributed by atoms with Crippen molar-refractivity contribution in [2.75, 3.05) is 31.1 Å². The molecular formula is C15H18BrN5OS. The number of phenols is 1. The molecule has 2 heterocycles. The highest BCUT2D eigenvalue weighted by Crippen LogP contribution is 2.24. The molecule has 1 aromatic heterocycles. The Morgan fingerprint density at radius 1 is 1.35 bits per heavy atom. The number of aromatic hydroxyl groups is 1. The van der Waals surface area contributed by atoms with Crippen molar-refractivity contribution in [3.63, 3.8) is 0 Å². The van der Waals surface area contributed by atoms with Gasteiger partial charge in [-0.25, -0.2) is 9.98 Å². The van der Waals surface area contributed by atoms with Gasteiger partial charge in [-0.15, -0.1) is 11.3 Å². The first-order chi connectivity index (χ1) is 11.1. The van der Waals surface area contributed by atoms with E-state index in [4.69, 9.17) is 5.73 Å². The minimum Gasteiger partial charge on any atom is -0.507 e. The number of guanidine groups is 1. The van der Waals surface area contributed by atoms with Gasteiger partial charge in [-0.3, -0.25) is 0 Å². The fourth-order valence-corrected chi connectivity index (χ4v) is 3.54. The number of piperazine rings is 1. The molecule has 8 heteroatoms. The molecule has 0 unspecified atom stereocenters. The van der Waals surface area contributed by atoms with Crippen LogP contribution in [0, 0.1) is 0 Å². The highest BCUT2D eigenvalue weighted by atomic mass is 79.9. The number of phenolic OH excluding ortho intramolecular Hbond substituents is 1. The molecule has 3 N–H and O–H groups in total. The topological polar surface area (TPSA) is 78.0 Å². The van der Waals surface area contributed by atoms with Gasteiger partial charge in [0, 0.05) is 37.8 Å². The smallest absolute Gasteiger partial charge is 0.191 e. The van der Waals surface area contributed by atoms with Crippen molar-refractivity contribution < 1.29 is 5.11 Å². The van der Waals surface area contributed by atoms with E-state index in [1.54, 1.807) is 17.4 Å². The van der Waals surface area contributed by atoms with Crippen LogP contribution in [0.1, 0.15) is 5.56 Å². The Hall–Kier alpha value is -1.80. The first kappa shape index (κ1) is 16.1. The Balaban J connectivity index is 1.56. The summed E-state index contributed by atoms with van der Waals surface area (Å²) in [6, 6.07) is 5.35. The summed E-state index contributed by atoms with van der Waals surface area (Å²) in [5.41, 5.74) is 7.11. The Morgan fingerprint density at radius 2 is 2.13 bits per heavy atom. The number of aliphatic imine (C=N–C) groups is 1. The maximum Gasteiger partial charge on any atom is 0.191 e. The van der Waals surface area contributed by atoms with Gasteiger partial charge in [0.15, 0.2) is 11.1 Å². The van der Waals surface area contributed by atoms with E-state index in [-0.39, 0.29) is 5.75 Å². The molecule has 0 radical (unpaired) electrons. The fourth-order valence-electron chi connectivity index (χ4n) is 2.42. The zero-order valence-electron chi connectivity index (χ0n) is 12.5. The molecule has 1 saturated heterocycles. The van der Waals surface area contributed by atoms with Crippen LogP contribution in [0.4, 0.5) is 5.13 Å². The Morgan fingerprint density at radius 3 is 2.78 bits per heavy atom. The summed E-state index contributed by atoms with van der Waals surface area (Å²) >= 11 is 4.96. The summed E-state index contributed by atoms with van der Waals surface area (Å²) in [4.78, 5) is 13.2. The quantitative estimate of drug-likeness (QED) is 0.615. The molecule has 1 aliphatic heterocycles. The molecule has 122 valence electrons. The predicted molar refractivity (Wildman–Crippen MR) is 97.0 cm³/mol. The molecule has 0 bridgehead atoms. The van der Waals surface area contributed by atoms with Crippen molar-refractivity contribution in [1.82, 2.24) is 9.88 Å². The van der Waals surface area contributed by atoms with Crippen LogP contribution in [0.2, 0.25) is 0 Å². The molecule has 0 spiro atoms. The number of anilines is 1. The van der Waals surface area contributed by atoms with Crippen LogP contribution in [-0.4, -0.2) is 47.1 Å². The number of aromatic nitrogens is 1. The van der Waals surface area contributed by atoms with Gasteiger partial charge >= 0.3 is 0 Å². The molecule has 0 atom stereocenters. The van der Waals surface area contributed by atoms with E-state index in [1.807, 2.05) is 23.7 Å². The number of thiazole rings is 1. The normalized spacial score (nSPS) is 16.0. The lowest BCUT2D eigenvalue weighted by molar-refractivity contribution is 0.380. The number of nitrogens with zero attached hydrogens (tertiary/aromatic N) is 4. The van der Waals surface area contributed by atoms with Crippen molar-refractivity contribution in [2.24, 2.45) is 10.7 Å². The van der Waals surface area contributed by atoms with Crippen LogP contribution in [0.15, 0.2) is 39.2 Å². The van der Waals surface area contributed by atoms with Crippen LogP contribution in [0.5, 0.6) is 5.75 Å². The summed E-state index contributed by atoms with van der Waals surface area (Å²) in [5, 5.41) is 12.6. The number of hydrogen-bond donors (Lipinski definition) is 2. The first-order valence-electron chi connectivity index (χ1n) is 7.30. The van der Waals surface area contributed by atoms with E-state index < -0.39 is 0 Å². The fraction of sp³-hybridized carbons (Fsp3) is 0.333. The second-order valence-corrected chi connectivity index (χ2v) is 6.98. The SMILES string of the molecule is NC(=NCc1ccc(O)c(Br)c1)N1CCN(c2nccs2)CC1. The number of halogens is 1. The van der Waals surface area contributed by atoms with Gasteiger partial charge in [0.05, 0.1) is 11.0 Å². The van der Waals surface area contributed by atoms with Gasteiger partial charge in [-0.2, -0.15) is 0 Å². The van der Waals surface area contributed by atoms with Gasteiger partial charge in [0.1, 0.15) is 5.75 Å². The number of hydrogen-bond acceptors (Lipinski definition) is 5. The molecule has 23 heavy (non-hydrogen) atoms. The van der Waals surface area contributed by atoms with Crippen molar-refractivity contribution in [2.45, 2.75) is 6.54 Å². The zero-order valence-corrected chi connectivity index (χ0v) is 14.9. The summed E-state index contributed by atoms with van der Waals surface area (Å²) in [5.74, 6) is 0.789. The maximum absolute atomic E-state index is 9.50. The van der Waals surface area contributed by atoms with E-state index in [0.29, 0.717) is 17.0 Å². The van der Waals surface area contributed by atoms with Crippen LogP contribution in [-0.2, 0) is 6.54 Å². The van der Waals surface area contributed by atoms with Crippen molar-refractivity contribution >= 4 is 38.4 Å². The van der Waals surface area contributed by atoms with Crippen LogP contribution in [0.25, 0.3) is 0 Å². The van der Waals surface area contributed by atoms with Crippen molar-refractivity contribution in [3.05, 3.63) is 39.8 Å². The lowest BCUT2D eigenvalue weighted by Crippen LogP contribution is -2.51. The van der Waals surface area contributed by atoms with E-state index in [9.17, 15) is 5.11 Å². The molecule has 6 nitrogen and oxygen atoms in total. The highest BCUT2D eigenvalue weighted by Gasteiger charge is 2.19. The molecule has 1 aliphatic rings. The zero-order chi connectivity index (χ0) is 16.2. The average molecular weight is 396 g/mol. The van der Waals surface area contributed by atoms with Crippen molar-refractivity contribution in [3.8, 4) is 5.75 Å². The third-order valence-corrected chi connectivity index (χ3v) is 5.20. The second kappa shape index (κ2) is 7.18. The molecule has 0 saturated carbocycles. The van der Waals surface area contributed by atoms with E-state index in [0.717, 1.165) is 36.9 Å². The summed E-state index contributed by atoms with van der Waals surface area (Å²) in [7, 11) is 0. The molecule has 0 amide bonds. The van der Waals surface area contributed by atoms with Gasteiger partial charge < -0.3 is 20.6 Å². The van der Waals surface area contributed by atoms with E-state index in [2.05, 4.69) is 35.7 Å². The van der Waals surface area contributed by atoms with Gasteiger partial charge in [-0.1, -0.05) is 6.07 Å². The summed E-state index contributed by atoms with van der Waals surface area (Å²) < 4.78 is 0.667. The number of rotatable bonds is 3. The van der Waals surface area contributed by atoms with Crippen molar-refractivity contribution in [1.29, 1.82) is 0 Å². The van der Waals surface area contributed by atoms with Crippen LogP contribution < -0.4 is 10.6 Å². The minimum absolute atomic E-state index is 0.226.